The third kappa shape index (κ3) is 2.44. The lowest BCUT2D eigenvalue weighted by Crippen LogP contribution is -2.10. The molecule has 0 bridgehead atoms. The number of nitrogens with two attached hydrogens (primary N) is 1. The fourth-order valence-electron chi connectivity index (χ4n) is 2.28. The van der Waals surface area contributed by atoms with E-state index in [0.717, 1.165) is 16.7 Å². The lowest BCUT2D eigenvalue weighted by Gasteiger charge is -2.10. The predicted octanol–water partition coefficient (Wildman–Crippen LogP) is 2.20. The molecule has 0 saturated heterocycles. The number of rotatable bonds is 4. The number of amides is 1. The molecule has 2 N–H and O–H groups in total. The number of nitrogens with zero attached hydrogens (tertiary/aromatic N) is 3. The summed E-state index contributed by atoms with van der Waals surface area (Å²) in [5.41, 5.74) is 9.09. The first-order valence-electron chi connectivity index (χ1n) is 6.86. The Bertz CT molecular complexity index is 824. The van der Waals surface area contributed by atoms with Gasteiger partial charge in [-0.25, -0.2) is 9.50 Å². The Morgan fingerprint density at radius 1 is 1.23 bits per heavy atom. The summed E-state index contributed by atoms with van der Waals surface area (Å²) < 4.78 is 6.85. The minimum atomic E-state index is -0.534. The van der Waals surface area contributed by atoms with Gasteiger partial charge in [-0.3, -0.25) is 4.79 Å². The maximum atomic E-state index is 11.3. The van der Waals surface area contributed by atoms with Crippen molar-refractivity contribution in [2.45, 2.75) is 13.0 Å². The Balaban J connectivity index is 1.98. The second-order valence-electron chi connectivity index (χ2n) is 5.03. The third-order valence-electron chi connectivity index (χ3n) is 3.69. The van der Waals surface area contributed by atoms with Gasteiger partial charge in [0, 0.05) is 25.1 Å². The lowest BCUT2D eigenvalue weighted by atomic mass is 10.0. The first-order chi connectivity index (χ1) is 10.6. The molecule has 6 nitrogen and oxygen atoms in total. The normalized spacial score (nSPS) is 12.5. The summed E-state index contributed by atoms with van der Waals surface area (Å²) in [7, 11) is 1.68. The van der Waals surface area contributed by atoms with E-state index in [1.165, 1.54) is 6.20 Å². The first kappa shape index (κ1) is 14.2. The van der Waals surface area contributed by atoms with Crippen molar-refractivity contribution < 1.29 is 9.53 Å². The largest absolute Gasteiger partial charge is 0.377 e. The van der Waals surface area contributed by atoms with Crippen molar-refractivity contribution in [3.63, 3.8) is 0 Å². The molecular weight excluding hydrogens is 280 g/mol. The molecule has 22 heavy (non-hydrogen) atoms. The number of fused-ring (bicyclic) bond motifs is 1. The van der Waals surface area contributed by atoms with Gasteiger partial charge in [0.1, 0.15) is 5.56 Å². The van der Waals surface area contributed by atoms with Gasteiger partial charge < -0.3 is 10.5 Å². The van der Waals surface area contributed by atoms with E-state index in [2.05, 4.69) is 10.1 Å². The van der Waals surface area contributed by atoms with Crippen LogP contribution in [-0.2, 0) is 4.74 Å². The molecule has 0 aliphatic heterocycles. The quantitative estimate of drug-likeness (QED) is 0.800. The van der Waals surface area contributed by atoms with E-state index in [4.69, 9.17) is 10.5 Å². The highest BCUT2D eigenvalue weighted by molar-refractivity contribution is 5.98. The summed E-state index contributed by atoms with van der Waals surface area (Å²) in [6.07, 6.45) is 5.01. The van der Waals surface area contributed by atoms with Crippen LogP contribution in [0.1, 0.15) is 28.9 Å². The van der Waals surface area contributed by atoms with Gasteiger partial charge in [0.2, 0.25) is 0 Å². The van der Waals surface area contributed by atoms with Crippen LogP contribution in [0, 0.1) is 0 Å². The Morgan fingerprint density at radius 3 is 2.59 bits per heavy atom. The van der Waals surface area contributed by atoms with E-state index in [0.29, 0.717) is 11.2 Å². The smallest absolute Gasteiger partial charge is 0.254 e. The van der Waals surface area contributed by atoms with Gasteiger partial charge in [-0.15, -0.1) is 0 Å². The molecule has 1 amide bonds. The van der Waals surface area contributed by atoms with Crippen molar-refractivity contribution in [2.75, 3.05) is 7.11 Å². The topological polar surface area (TPSA) is 82.5 Å². The second-order valence-corrected chi connectivity index (χ2v) is 5.03. The van der Waals surface area contributed by atoms with Crippen molar-refractivity contribution in [1.82, 2.24) is 14.6 Å². The Hall–Kier alpha value is -2.73. The summed E-state index contributed by atoms with van der Waals surface area (Å²) in [5, 5.41) is 4.12. The van der Waals surface area contributed by atoms with Gasteiger partial charge in [-0.1, -0.05) is 24.3 Å². The molecule has 0 fully saturated rings. The van der Waals surface area contributed by atoms with Gasteiger partial charge in [-0.05, 0) is 18.1 Å². The third-order valence-corrected chi connectivity index (χ3v) is 3.69. The molecule has 2 heterocycles. The molecule has 0 aliphatic rings. The second kappa shape index (κ2) is 5.57. The molecule has 0 aliphatic carbocycles. The Kier molecular flexibility index (Phi) is 3.60. The van der Waals surface area contributed by atoms with E-state index in [-0.39, 0.29) is 6.10 Å². The van der Waals surface area contributed by atoms with Crippen LogP contribution in [0.2, 0.25) is 0 Å². The van der Waals surface area contributed by atoms with Crippen molar-refractivity contribution in [2.24, 2.45) is 5.73 Å². The lowest BCUT2D eigenvalue weighted by molar-refractivity contribution is 0.100. The Labute approximate surface area is 127 Å². The van der Waals surface area contributed by atoms with Crippen molar-refractivity contribution in [1.29, 1.82) is 0 Å². The molecular formula is C16H16N4O2. The highest BCUT2D eigenvalue weighted by atomic mass is 16.5. The fourth-order valence-corrected chi connectivity index (χ4v) is 2.28. The fraction of sp³-hybridized carbons (Fsp3) is 0.188. The van der Waals surface area contributed by atoms with Gasteiger partial charge in [0.15, 0.2) is 5.65 Å². The van der Waals surface area contributed by atoms with Gasteiger partial charge in [-0.2, -0.15) is 5.10 Å². The summed E-state index contributed by atoms with van der Waals surface area (Å²) in [5.74, 6) is -0.534. The molecule has 1 unspecified atom stereocenters. The maximum Gasteiger partial charge on any atom is 0.254 e. The average Bonchev–Trinajstić information content (AvgIpc) is 2.97. The van der Waals surface area contributed by atoms with E-state index in [1.807, 2.05) is 37.4 Å². The molecule has 3 rings (SSSR count). The van der Waals surface area contributed by atoms with E-state index >= 15 is 0 Å². The van der Waals surface area contributed by atoms with E-state index in [1.54, 1.807) is 17.8 Å². The summed E-state index contributed by atoms with van der Waals surface area (Å²) in [6.45, 7) is 2.00. The van der Waals surface area contributed by atoms with Gasteiger partial charge in [0.05, 0.1) is 12.3 Å². The van der Waals surface area contributed by atoms with Crippen LogP contribution in [0.15, 0.2) is 42.9 Å². The highest BCUT2D eigenvalue weighted by Gasteiger charge is 2.11. The van der Waals surface area contributed by atoms with Crippen LogP contribution in [0.25, 0.3) is 16.8 Å². The number of methoxy groups -OCH3 is 1. The minimum Gasteiger partial charge on any atom is -0.377 e. The van der Waals surface area contributed by atoms with Crippen molar-refractivity contribution in [3.05, 3.63) is 54.0 Å². The zero-order valence-corrected chi connectivity index (χ0v) is 12.4. The number of primary amides is 1. The summed E-state index contributed by atoms with van der Waals surface area (Å²) in [4.78, 5) is 15.6. The minimum absolute atomic E-state index is 0.0545. The molecule has 1 atom stereocenters. The average molecular weight is 296 g/mol. The summed E-state index contributed by atoms with van der Waals surface area (Å²) >= 11 is 0. The molecule has 2 aromatic heterocycles. The standard InChI is InChI=1S/C16H16N4O2/c1-10(22-2)11-3-5-12(6-4-11)13-7-18-16-14(15(17)21)8-19-20(16)9-13/h3-10H,1-2H3,(H2,17,21). The molecule has 3 aromatic rings. The number of ether oxygens (including phenoxy) is 1. The van der Waals surface area contributed by atoms with Crippen LogP contribution >= 0.6 is 0 Å². The first-order valence-corrected chi connectivity index (χ1v) is 6.86. The monoisotopic (exact) mass is 296 g/mol. The number of hydrogen-bond donors (Lipinski definition) is 1. The molecule has 6 heteroatoms. The molecule has 0 spiro atoms. The number of carbonyl (C=O) groups is 1. The van der Waals surface area contributed by atoms with Crippen molar-refractivity contribution in [3.8, 4) is 11.1 Å². The number of hydrogen-bond acceptors (Lipinski definition) is 4. The zero-order chi connectivity index (χ0) is 15.7. The Morgan fingerprint density at radius 2 is 1.95 bits per heavy atom. The van der Waals surface area contributed by atoms with Crippen molar-refractivity contribution >= 4 is 11.6 Å². The van der Waals surface area contributed by atoms with E-state index < -0.39 is 5.91 Å². The van der Waals surface area contributed by atoms with Crippen LogP contribution in [-0.4, -0.2) is 27.6 Å². The van der Waals surface area contributed by atoms with Crippen LogP contribution in [0.3, 0.4) is 0 Å². The van der Waals surface area contributed by atoms with Gasteiger partial charge >= 0.3 is 0 Å². The molecule has 0 radical (unpaired) electrons. The predicted molar refractivity (Wildman–Crippen MR) is 82.4 cm³/mol. The number of aromatic nitrogens is 3. The molecule has 112 valence electrons. The van der Waals surface area contributed by atoms with Crippen LogP contribution in [0.4, 0.5) is 0 Å². The molecule has 0 saturated carbocycles. The SMILES string of the molecule is COC(C)c1ccc(-c2cnc3c(C(N)=O)cnn3c2)cc1. The van der Waals surface area contributed by atoms with E-state index in [9.17, 15) is 4.79 Å². The number of carbonyl (C=O) groups excluding carboxylic acids is 1. The summed E-state index contributed by atoms with van der Waals surface area (Å²) in [6, 6.07) is 8.05. The number of benzene rings is 1. The van der Waals surface area contributed by atoms with Gasteiger partial charge in [0.25, 0.3) is 5.91 Å². The zero-order valence-electron chi connectivity index (χ0n) is 12.4. The maximum absolute atomic E-state index is 11.3. The van der Waals surface area contributed by atoms with Crippen LogP contribution in [0.5, 0.6) is 0 Å². The molecule has 1 aromatic carbocycles. The highest BCUT2D eigenvalue weighted by Crippen LogP contribution is 2.23. The van der Waals surface area contributed by atoms with Crippen LogP contribution < -0.4 is 5.73 Å².